The van der Waals surface area contributed by atoms with Crippen LogP contribution in [0, 0.1) is 11.8 Å². The van der Waals surface area contributed by atoms with E-state index in [0.717, 1.165) is 19.3 Å². The molecule has 0 N–H and O–H groups in total. The van der Waals surface area contributed by atoms with Gasteiger partial charge in [0.15, 0.2) is 0 Å². The molecular weight excluding hydrogens is 291 g/mol. The van der Waals surface area contributed by atoms with Crippen LogP contribution in [0.3, 0.4) is 0 Å². The Bertz CT molecular complexity index is 245. The van der Waals surface area contributed by atoms with Crippen LogP contribution >= 0.6 is 23.2 Å². The van der Waals surface area contributed by atoms with E-state index in [9.17, 15) is 9.59 Å². The van der Waals surface area contributed by atoms with Gasteiger partial charge in [0.2, 0.25) is 0 Å². The molecule has 0 saturated carbocycles. The number of hydrogen-bond acceptors (Lipinski definition) is 4. The smallest absolute Gasteiger partial charge is 0.320 e. The average Bonchev–Trinajstić information content (AvgIpc) is 2.45. The Morgan fingerprint density at radius 3 is 1.53 bits per heavy atom. The Balaban J connectivity index is 4.08. The highest BCUT2D eigenvalue weighted by atomic mass is 35.5. The lowest BCUT2D eigenvalue weighted by Gasteiger charge is -2.21. The summed E-state index contributed by atoms with van der Waals surface area (Å²) in [6.45, 7) is 4.80. The summed E-state index contributed by atoms with van der Waals surface area (Å²) in [4.78, 5) is 22.0. The van der Waals surface area contributed by atoms with Gasteiger partial charge in [0, 0.05) is 0 Å². The molecule has 0 aromatic rings. The monoisotopic (exact) mass is 312 g/mol. The lowest BCUT2D eigenvalue weighted by atomic mass is 9.92. The fourth-order valence-electron chi connectivity index (χ4n) is 1.68. The van der Waals surface area contributed by atoms with E-state index in [1.807, 2.05) is 13.8 Å². The molecule has 0 aromatic heterocycles. The molecule has 0 spiro atoms. The third-order valence-corrected chi connectivity index (χ3v) is 3.44. The van der Waals surface area contributed by atoms with Crippen LogP contribution in [0.1, 0.15) is 33.1 Å². The van der Waals surface area contributed by atoms with E-state index in [1.54, 1.807) is 0 Å². The molecule has 0 radical (unpaired) electrons. The van der Waals surface area contributed by atoms with E-state index in [1.165, 1.54) is 0 Å². The number of alkyl halides is 2. The molecule has 0 saturated heterocycles. The van der Waals surface area contributed by atoms with E-state index >= 15 is 0 Å². The summed E-state index contributed by atoms with van der Waals surface area (Å²) in [5.74, 6) is -0.538. The third-order valence-electron chi connectivity index (χ3n) is 3.00. The first-order valence-corrected chi connectivity index (χ1v) is 7.57. The lowest BCUT2D eigenvalue weighted by molar-refractivity contribution is -0.142. The highest BCUT2D eigenvalue weighted by molar-refractivity contribution is 6.26. The number of halogens is 2. The van der Waals surface area contributed by atoms with Crippen molar-refractivity contribution < 1.29 is 19.1 Å². The second-order valence-electron chi connectivity index (χ2n) is 4.42. The molecule has 0 aliphatic rings. The van der Waals surface area contributed by atoms with Crippen molar-refractivity contribution in [2.75, 3.05) is 25.0 Å². The standard InChI is InChI=1S/C13H22Cl2O4/c1-3-10(8-18-12(16)6-14)5-11(4-2)9-19-13(17)7-15/h10-11H,3-9H2,1-2H3. The topological polar surface area (TPSA) is 52.6 Å². The van der Waals surface area contributed by atoms with Crippen molar-refractivity contribution in [3.05, 3.63) is 0 Å². The second kappa shape index (κ2) is 11.4. The molecule has 0 aromatic carbocycles. The molecular formula is C13H22Cl2O4. The number of esters is 2. The third kappa shape index (κ3) is 9.11. The summed E-state index contributed by atoms with van der Waals surface area (Å²) in [5, 5.41) is 0. The number of ether oxygens (including phenoxy) is 2. The van der Waals surface area contributed by atoms with Crippen LogP contribution in [0.15, 0.2) is 0 Å². The summed E-state index contributed by atoms with van der Waals surface area (Å²) in [6.07, 6.45) is 2.64. The first-order chi connectivity index (χ1) is 9.07. The molecule has 2 atom stereocenters. The van der Waals surface area contributed by atoms with Crippen molar-refractivity contribution in [2.45, 2.75) is 33.1 Å². The van der Waals surface area contributed by atoms with Crippen LogP contribution < -0.4 is 0 Å². The van der Waals surface area contributed by atoms with Crippen molar-refractivity contribution in [2.24, 2.45) is 11.8 Å². The van der Waals surface area contributed by atoms with Gasteiger partial charge in [-0.2, -0.15) is 0 Å². The van der Waals surface area contributed by atoms with Gasteiger partial charge in [-0.15, -0.1) is 23.2 Å². The van der Waals surface area contributed by atoms with Gasteiger partial charge in [-0.3, -0.25) is 9.59 Å². The predicted octanol–water partition coefficient (Wildman–Crippen LogP) is 2.99. The second-order valence-corrected chi connectivity index (χ2v) is 4.95. The Morgan fingerprint density at radius 2 is 1.26 bits per heavy atom. The maximum Gasteiger partial charge on any atom is 0.320 e. The van der Waals surface area contributed by atoms with Gasteiger partial charge >= 0.3 is 11.9 Å². The number of hydrogen-bond donors (Lipinski definition) is 0. The first-order valence-electron chi connectivity index (χ1n) is 6.50. The minimum atomic E-state index is -0.401. The lowest BCUT2D eigenvalue weighted by Crippen LogP contribution is -2.21. The van der Waals surface area contributed by atoms with E-state index < -0.39 is 11.9 Å². The van der Waals surface area contributed by atoms with Gasteiger partial charge in [-0.25, -0.2) is 0 Å². The molecule has 6 heteroatoms. The van der Waals surface area contributed by atoms with Crippen molar-refractivity contribution in [3.63, 3.8) is 0 Å². The van der Waals surface area contributed by atoms with Crippen LogP contribution in [-0.2, 0) is 19.1 Å². The molecule has 0 fully saturated rings. The maximum atomic E-state index is 11.0. The minimum absolute atomic E-state index is 0.124. The summed E-state index contributed by atoms with van der Waals surface area (Å²) < 4.78 is 10.1. The quantitative estimate of drug-likeness (QED) is 0.459. The first kappa shape index (κ1) is 18.5. The Hall–Kier alpha value is -0.480. The molecule has 0 bridgehead atoms. The molecule has 0 amide bonds. The summed E-state index contributed by atoms with van der Waals surface area (Å²) in [7, 11) is 0. The van der Waals surface area contributed by atoms with Gasteiger partial charge in [0.05, 0.1) is 13.2 Å². The molecule has 0 aliphatic carbocycles. The van der Waals surface area contributed by atoms with E-state index in [-0.39, 0.29) is 23.6 Å². The van der Waals surface area contributed by atoms with E-state index in [2.05, 4.69) is 0 Å². The molecule has 112 valence electrons. The van der Waals surface area contributed by atoms with Crippen LogP contribution in [0.5, 0.6) is 0 Å². The van der Waals surface area contributed by atoms with Crippen molar-refractivity contribution in [3.8, 4) is 0 Å². The zero-order valence-corrected chi connectivity index (χ0v) is 13.0. The Labute approximate surface area is 124 Å². The van der Waals surface area contributed by atoms with Crippen LogP contribution in [-0.4, -0.2) is 36.9 Å². The molecule has 19 heavy (non-hydrogen) atoms. The van der Waals surface area contributed by atoms with Crippen molar-refractivity contribution >= 4 is 35.1 Å². The number of carbonyl (C=O) groups is 2. The van der Waals surface area contributed by atoms with E-state index in [0.29, 0.717) is 13.2 Å². The zero-order valence-electron chi connectivity index (χ0n) is 11.5. The Kier molecular flexibility index (Phi) is 11.1. The van der Waals surface area contributed by atoms with Crippen LogP contribution in [0.25, 0.3) is 0 Å². The van der Waals surface area contributed by atoms with Gasteiger partial charge < -0.3 is 9.47 Å². The number of carbonyl (C=O) groups excluding carboxylic acids is 2. The average molecular weight is 313 g/mol. The highest BCUT2D eigenvalue weighted by Crippen LogP contribution is 2.19. The van der Waals surface area contributed by atoms with Crippen molar-refractivity contribution in [1.82, 2.24) is 0 Å². The van der Waals surface area contributed by atoms with Gasteiger partial charge in [0.25, 0.3) is 0 Å². The molecule has 0 heterocycles. The normalized spacial score (nSPS) is 13.7. The zero-order chi connectivity index (χ0) is 14.7. The largest absolute Gasteiger partial charge is 0.465 e. The molecule has 4 nitrogen and oxygen atoms in total. The summed E-state index contributed by atoms with van der Waals surface area (Å²) in [5.41, 5.74) is 0. The van der Waals surface area contributed by atoms with Crippen LogP contribution in [0.2, 0.25) is 0 Å². The maximum absolute atomic E-state index is 11.0. The van der Waals surface area contributed by atoms with Gasteiger partial charge in [-0.1, -0.05) is 26.7 Å². The molecule has 0 aliphatic heterocycles. The summed E-state index contributed by atoms with van der Waals surface area (Å²) >= 11 is 10.7. The summed E-state index contributed by atoms with van der Waals surface area (Å²) in [6, 6.07) is 0. The van der Waals surface area contributed by atoms with Crippen molar-refractivity contribution in [1.29, 1.82) is 0 Å². The SMILES string of the molecule is CCC(COC(=O)CCl)CC(CC)COC(=O)CCl. The highest BCUT2D eigenvalue weighted by Gasteiger charge is 2.17. The Morgan fingerprint density at radius 1 is 0.895 bits per heavy atom. The van der Waals surface area contributed by atoms with Gasteiger partial charge in [-0.05, 0) is 18.3 Å². The van der Waals surface area contributed by atoms with E-state index in [4.69, 9.17) is 32.7 Å². The fraction of sp³-hybridized carbons (Fsp3) is 0.846. The minimum Gasteiger partial charge on any atom is -0.465 e. The predicted molar refractivity (Wildman–Crippen MR) is 75.5 cm³/mol. The number of rotatable bonds is 10. The molecule has 2 unspecified atom stereocenters. The van der Waals surface area contributed by atoms with Crippen LogP contribution in [0.4, 0.5) is 0 Å². The van der Waals surface area contributed by atoms with Gasteiger partial charge in [0.1, 0.15) is 11.8 Å². The fourth-order valence-corrected chi connectivity index (χ4v) is 1.83. The molecule has 0 rings (SSSR count).